The molecule has 0 aromatic heterocycles. The molecule has 18 heavy (non-hydrogen) atoms. The number of hydrogen-bond donors (Lipinski definition) is 1. The minimum Gasteiger partial charge on any atom is -0.359 e. The Morgan fingerprint density at radius 2 is 1.78 bits per heavy atom. The molecule has 4 radical (unpaired) electrons. The molecule has 0 heterocycles. The first-order valence-corrected chi connectivity index (χ1v) is 6.00. The molecule has 0 saturated heterocycles. The summed E-state index contributed by atoms with van der Waals surface area (Å²) in [5, 5.41) is 2.58. The Balaban J connectivity index is 2.34. The highest BCUT2D eigenvalue weighted by Crippen LogP contribution is 2.06. The molecule has 1 aromatic carbocycles. The lowest BCUT2D eigenvalue weighted by molar-refractivity contribution is -0.109. The minimum atomic E-state index is 0.0531. The average molecular weight is 239 g/mol. The summed E-state index contributed by atoms with van der Waals surface area (Å²) in [5.41, 5.74) is 1.58. The molecular formula is C13H15B2NO2. The van der Waals surface area contributed by atoms with Crippen molar-refractivity contribution < 1.29 is 9.59 Å². The topological polar surface area (TPSA) is 46.2 Å². The lowest BCUT2D eigenvalue weighted by Gasteiger charge is -2.05. The van der Waals surface area contributed by atoms with Gasteiger partial charge in [0.2, 0.25) is 6.41 Å². The molecule has 0 spiro atoms. The number of rotatable bonds is 8. The number of nitrogens with one attached hydrogen (secondary N) is 1. The molecule has 0 aliphatic rings. The predicted molar refractivity (Wildman–Crippen MR) is 74.1 cm³/mol. The van der Waals surface area contributed by atoms with Gasteiger partial charge >= 0.3 is 0 Å². The van der Waals surface area contributed by atoms with E-state index in [0.717, 1.165) is 19.3 Å². The van der Waals surface area contributed by atoms with Crippen molar-refractivity contribution >= 4 is 38.8 Å². The highest BCUT2D eigenvalue weighted by Gasteiger charge is 2.06. The fourth-order valence-corrected chi connectivity index (χ4v) is 1.73. The maximum atomic E-state index is 11.9. The van der Waals surface area contributed by atoms with Gasteiger partial charge in [-0.05, 0) is 12.8 Å². The van der Waals surface area contributed by atoms with Gasteiger partial charge in [0.15, 0.2) is 5.78 Å². The van der Waals surface area contributed by atoms with Crippen LogP contribution >= 0.6 is 0 Å². The second-order valence-electron chi connectivity index (χ2n) is 4.19. The van der Waals surface area contributed by atoms with Gasteiger partial charge in [0, 0.05) is 18.5 Å². The maximum absolute atomic E-state index is 11.9. The van der Waals surface area contributed by atoms with Crippen LogP contribution in [-0.2, 0) is 4.79 Å². The first kappa shape index (κ1) is 14.6. The van der Waals surface area contributed by atoms with Crippen LogP contribution in [0.5, 0.6) is 0 Å². The van der Waals surface area contributed by atoms with Crippen LogP contribution in [0.4, 0.5) is 0 Å². The van der Waals surface area contributed by atoms with E-state index in [9.17, 15) is 9.59 Å². The third-order valence-corrected chi connectivity index (χ3v) is 2.61. The number of carbonyl (C=O) groups is 2. The lowest BCUT2D eigenvalue weighted by atomic mass is 9.84. The SMILES string of the molecule is [B]c1cc([B])cc(C(=O)CCCCCNC=O)c1. The number of Topliss-reactive ketones (excluding diaryl/α,β-unsaturated/α-hetero) is 1. The van der Waals surface area contributed by atoms with Gasteiger partial charge in [-0.25, -0.2) is 0 Å². The molecule has 0 fully saturated rings. The molecule has 0 aliphatic heterocycles. The third kappa shape index (κ3) is 5.21. The molecule has 1 amide bonds. The standard InChI is InChI=1S/C13H15B2NO2/c14-11-6-10(7-12(15)8-11)13(18)4-2-1-3-5-16-9-17/h6-9H,1-5H2,(H,16,17). The van der Waals surface area contributed by atoms with Crippen LogP contribution in [0.2, 0.25) is 0 Å². The summed E-state index contributed by atoms with van der Waals surface area (Å²) >= 11 is 0. The molecule has 1 aromatic rings. The molecule has 90 valence electrons. The highest BCUT2D eigenvalue weighted by molar-refractivity contribution is 6.38. The Labute approximate surface area is 110 Å². The van der Waals surface area contributed by atoms with Gasteiger partial charge in [-0.3, -0.25) is 9.59 Å². The largest absolute Gasteiger partial charge is 0.359 e. The van der Waals surface area contributed by atoms with Crippen molar-refractivity contribution in [1.29, 1.82) is 0 Å². The number of amides is 1. The van der Waals surface area contributed by atoms with Crippen molar-refractivity contribution in [3.05, 3.63) is 23.8 Å². The van der Waals surface area contributed by atoms with E-state index in [2.05, 4.69) is 5.32 Å². The first-order valence-electron chi connectivity index (χ1n) is 6.00. The Bertz CT molecular complexity index is 401. The van der Waals surface area contributed by atoms with Gasteiger partial charge in [-0.15, -0.1) is 0 Å². The van der Waals surface area contributed by atoms with Crippen LogP contribution in [0.1, 0.15) is 36.0 Å². The van der Waals surface area contributed by atoms with Gasteiger partial charge < -0.3 is 5.32 Å². The zero-order chi connectivity index (χ0) is 13.4. The molecule has 5 heteroatoms. The molecule has 0 unspecified atom stereocenters. The molecule has 1 rings (SSSR count). The van der Waals surface area contributed by atoms with Crippen LogP contribution in [0.3, 0.4) is 0 Å². The van der Waals surface area contributed by atoms with E-state index in [1.807, 2.05) is 0 Å². The Kier molecular flexibility index (Phi) is 6.26. The van der Waals surface area contributed by atoms with Gasteiger partial charge in [-0.1, -0.05) is 35.5 Å². The quantitative estimate of drug-likeness (QED) is 0.294. The zero-order valence-corrected chi connectivity index (χ0v) is 10.3. The number of ketones is 1. The lowest BCUT2D eigenvalue weighted by Crippen LogP contribution is -2.17. The first-order chi connectivity index (χ1) is 8.63. The van der Waals surface area contributed by atoms with Gasteiger partial charge in [0.25, 0.3) is 0 Å². The summed E-state index contributed by atoms with van der Waals surface area (Å²) in [6, 6.07) is 4.92. The van der Waals surface area contributed by atoms with E-state index in [1.165, 1.54) is 0 Å². The maximum Gasteiger partial charge on any atom is 0.207 e. The summed E-state index contributed by atoms with van der Waals surface area (Å²) in [6.45, 7) is 0.656. The second-order valence-corrected chi connectivity index (χ2v) is 4.19. The predicted octanol–water partition coefficient (Wildman–Crippen LogP) is -0.237. The zero-order valence-electron chi connectivity index (χ0n) is 10.3. The number of hydrogen-bond acceptors (Lipinski definition) is 2. The summed E-state index contributed by atoms with van der Waals surface area (Å²) in [7, 11) is 11.3. The van der Waals surface area contributed by atoms with E-state index in [1.54, 1.807) is 18.2 Å². The van der Waals surface area contributed by atoms with Gasteiger partial charge in [0.1, 0.15) is 15.7 Å². The van der Waals surface area contributed by atoms with Gasteiger partial charge in [0.05, 0.1) is 0 Å². The minimum absolute atomic E-state index is 0.0531. The van der Waals surface area contributed by atoms with Crippen molar-refractivity contribution in [1.82, 2.24) is 5.32 Å². The van der Waals surface area contributed by atoms with Crippen molar-refractivity contribution in [3.63, 3.8) is 0 Å². The second kappa shape index (κ2) is 7.75. The number of unbranched alkanes of at least 4 members (excludes halogenated alkanes) is 2. The normalized spacial score (nSPS) is 10.0. The van der Waals surface area contributed by atoms with E-state index in [-0.39, 0.29) is 5.78 Å². The third-order valence-electron chi connectivity index (χ3n) is 2.61. The van der Waals surface area contributed by atoms with E-state index in [0.29, 0.717) is 35.9 Å². The summed E-state index contributed by atoms with van der Waals surface area (Å²) in [5.74, 6) is 0.0531. The molecule has 3 nitrogen and oxygen atoms in total. The Morgan fingerprint density at radius 3 is 2.39 bits per heavy atom. The fraction of sp³-hybridized carbons (Fsp3) is 0.385. The van der Waals surface area contributed by atoms with Crippen LogP contribution in [-0.4, -0.2) is 34.4 Å². The molecular weight excluding hydrogens is 224 g/mol. The van der Waals surface area contributed by atoms with Crippen LogP contribution < -0.4 is 16.2 Å². The van der Waals surface area contributed by atoms with Crippen molar-refractivity contribution in [2.45, 2.75) is 25.7 Å². The van der Waals surface area contributed by atoms with Crippen LogP contribution in [0.15, 0.2) is 18.2 Å². The highest BCUT2D eigenvalue weighted by atomic mass is 16.1. The van der Waals surface area contributed by atoms with Gasteiger partial charge in [-0.2, -0.15) is 0 Å². The van der Waals surface area contributed by atoms with E-state index < -0.39 is 0 Å². The molecule has 0 saturated carbocycles. The Hall–Kier alpha value is -1.51. The number of benzene rings is 1. The van der Waals surface area contributed by atoms with E-state index >= 15 is 0 Å². The van der Waals surface area contributed by atoms with Crippen molar-refractivity contribution in [2.75, 3.05) is 6.54 Å². The van der Waals surface area contributed by atoms with Crippen LogP contribution in [0.25, 0.3) is 0 Å². The molecule has 0 bridgehead atoms. The number of carbonyl (C=O) groups excluding carboxylic acids is 2. The average Bonchev–Trinajstić information content (AvgIpc) is 2.32. The van der Waals surface area contributed by atoms with Crippen molar-refractivity contribution in [2.24, 2.45) is 0 Å². The molecule has 0 aliphatic carbocycles. The fourth-order valence-electron chi connectivity index (χ4n) is 1.73. The summed E-state index contributed by atoms with van der Waals surface area (Å²) in [4.78, 5) is 21.9. The van der Waals surface area contributed by atoms with Crippen molar-refractivity contribution in [3.8, 4) is 0 Å². The van der Waals surface area contributed by atoms with Crippen LogP contribution in [0, 0.1) is 0 Å². The monoisotopic (exact) mass is 239 g/mol. The smallest absolute Gasteiger partial charge is 0.207 e. The molecule has 1 N–H and O–H groups in total. The van der Waals surface area contributed by atoms with E-state index in [4.69, 9.17) is 15.7 Å². The summed E-state index contributed by atoms with van der Waals surface area (Å²) < 4.78 is 0. The Morgan fingerprint density at radius 1 is 1.11 bits per heavy atom. The summed E-state index contributed by atoms with van der Waals surface area (Å²) in [6.07, 6.45) is 3.74. The molecule has 0 atom stereocenters.